The lowest BCUT2D eigenvalue weighted by molar-refractivity contribution is 0.0697. The van der Waals surface area contributed by atoms with Gasteiger partial charge in [-0.15, -0.1) is 0 Å². The van der Waals surface area contributed by atoms with Crippen molar-refractivity contribution in [1.29, 1.82) is 0 Å². The molecule has 0 bridgehead atoms. The molecule has 0 radical (unpaired) electrons. The van der Waals surface area contributed by atoms with E-state index >= 15 is 0 Å². The molecular formula is C15H13NO2S. The topological polar surface area (TPSA) is 50.2 Å². The van der Waals surface area contributed by atoms with E-state index < -0.39 is 5.97 Å². The molecule has 3 nitrogen and oxygen atoms in total. The third kappa shape index (κ3) is 2.63. The van der Waals surface area contributed by atoms with E-state index in [1.807, 2.05) is 18.2 Å². The molecule has 0 fully saturated rings. The van der Waals surface area contributed by atoms with Crippen LogP contribution in [0, 0.1) is 0 Å². The lowest BCUT2D eigenvalue weighted by Gasteiger charge is -2.04. The molecule has 2 aromatic rings. The second-order valence-corrected chi connectivity index (χ2v) is 5.63. The second-order valence-electron chi connectivity index (χ2n) is 4.54. The molecule has 1 aliphatic carbocycles. The summed E-state index contributed by atoms with van der Waals surface area (Å²) < 4.78 is 0. The van der Waals surface area contributed by atoms with E-state index in [1.54, 1.807) is 23.9 Å². The highest BCUT2D eigenvalue weighted by Crippen LogP contribution is 2.29. The van der Waals surface area contributed by atoms with Crippen molar-refractivity contribution in [3.63, 3.8) is 0 Å². The predicted molar refractivity (Wildman–Crippen MR) is 73.8 cm³/mol. The van der Waals surface area contributed by atoms with Crippen LogP contribution in [0.3, 0.4) is 0 Å². The Labute approximate surface area is 115 Å². The summed E-state index contributed by atoms with van der Waals surface area (Å²) in [6.07, 6.45) is 3.41. The van der Waals surface area contributed by atoms with E-state index in [9.17, 15) is 4.79 Å². The minimum absolute atomic E-state index is 0.311. The number of nitrogens with zero attached hydrogens (tertiary/aromatic N) is 1. The SMILES string of the molecule is O=C(O)c1ccc(Sc2ccc3c(n2)CCC3)cc1. The van der Waals surface area contributed by atoms with Gasteiger partial charge in [0, 0.05) is 10.6 Å². The number of hydrogen-bond donors (Lipinski definition) is 1. The number of aromatic carboxylic acids is 1. The Bertz CT molecular complexity index is 623. The summed E-state index contributed by atoms with van der Waals surface area (Å²) in [5.74, 6) is -0.896. The predicted octanol–water partition coefficient (Wildman–Crippen LogP) is 3.42. The summed E-state index contributed by atoms with van der Waals surface area (Å²) in [4.78, 5) is 16.4. The van der Waals surface area contributed by atoms with E-state index in [4.69, 9.17) is 5.11 Å². The van der Waals surface area contributed by atoms with Crippen molar-refractivity contribution in [2.75, 3.05) is 0 Å². The van der Waals surface area contributed by atoms with Gasteiger partial charge in [0.1, 0.15) is 5.03 Å². The number of carboxylic acids is 1. The van der Waals surface area contributed by atoms with Crippen LogP contribution >= 0.6 is 11.8 Å². The number of hydrogen-bond acceptors (Lipinski definition) is 3. The largest absolute Gasteiger partial charge is 0.478 e. The number of benzene rings is 1. The van der Waals surface area contributed by atoms with E-state index in [0.717, 1.165) is 22.8 Å². The number of carboxylic acid groups (broad SMARTS) is 1. The molecule has 1 aromatic heterocycles. The Hall–Kier alpha value is -1.81. The Morgan fingerprint density at radius 3 is 2.63 bits per heavy atom. The summed E-state index contributed by atoms with van der Waals surface area (Å²) in [5.41, 5.74) is 2.89. The standard InChI is InChI=1S/C15H13NO2S/c17-15(18)11-4-7-12(8-5-11)19-14-9-6-10-2-1-3-13(10)16-14/h4-9H,1-3H2,(H,17,18). The Kier molecular flexibility index (Phi) is 3.25. The molecule has 1 aromatic carbocycles. The summed E-state index contributed by atoms with van der Waals surface area (Å²) in [7, 11) is 0. The molecule has 1 N–H and O–H groups in total. The smallest absolute Gasteiger partial charge is 0.335 e. The molecule has 1 aliphatic rings. The average molecular weight is 271 g/mol. The molecule has 3 rings (SSSR count). The molecule has 0 atom stereocenters. The molecule has 19 heavy (non-hydrogen) atoms. The maximum absolute atomic E-state index is 10.8. The first-order valence-corrected chi connectivity index (χ1v) is 7.04. The summed E-state index contributed by atoms with van der Waals surface area (Å²) >= 11 is 1.57. The number of carbonyl (C=O) groups is 1. The third-order valence-corrected chi connectivity index (χ3v) is 4.17. The summed E-state index contributed by atoms with van der Waals surface area (Å²) in [6, 6.07) is 11.1. The lowest BCUT2D eigenvalue weighted by Crippen LogP contribution is -1.95. The zero-order valence-corrected chi connectivity index (χ0v) is 11.1. The zero-order valence-electron chi connectivity index (χ0n) is 10.3. The van der Waals surface area contributed by atoms with Gasteiger partial charge in [-0.05, 0) is 55.2 Å². The van der Waals surface area contributed by atoms with Gasteiger partial charge >= 0.3 is 5.97 Å². The van der Waals surface area contributed by atoms with E-state index in [1.165, 1.54) is 17.7 Å². The fourth-order valence-electron chi connectivity index (χ4n) is 2.24. The van der Waals surface area contributed by atoms with Crippen LogP contribution in [0.4, 0.5) is 0 Å². The monoisotopic (exact) mass is 271 g/mol. The highest BCUT2D eigenvalue weighted by atomic mass is 32.2. The minimum Gasteiger partial charge on any atom is -0.478 e. The lowest BCUT2D eigenvalue weighted by atomic mass is 10.2. The Morgan fingerprint density at radius 1 is 1.11 bits per heavy atom. The van der Waals surface area contributed by atoms with Crippen LogP contribution in [0.15, 0.2) is 46.3 Å². The maximum atomic E-state index is 10.8. The van der Waals surface area contributed by atoms with Crippen molar-refractivity contribution in [3.8, 4) is 0 Å². The maximum Gasteiger partial charge on any atom is 0.335 e. The van der Waals surface area contributed by atoms with Gasteiger partial charge in [-0.25, -0.2) is 9.78 Å². The van der Waals surface area contributed by atoms with Crippen molar-refractivity contribution in [3.05, 3.63) is 53.2 Å². The first-order chi connectivity index (χ1) is 9.22. The van der Waals surface area contributed by atoms with Crippen LogP contribution in [0.5, 0.6) is 0 Å². The highest BCUT2D eigenvalue weighted by molar-refractivity contribution is 7.99. The van der Waals surface area contributed by atoms with Crippen LogP contribution in [0.1, 0.15) is 28.0 Å². The van der Waals surface area contributed by atoms with Crippen LogP contribution in [0.25, 0.3) is 0 Å². The van der Waals surface area contributed by atoms with Crippen molar-refractivity contribution in [1.82, 2.24) is 4.98 Å². The number of aromatic nitrogens is 1. The van der Waals surface area contributed by atoms with Gasteiger partial charge in [-0.1, -0.05) is 17.8 Å². The van der Waals surface area contributed by atoms with E-state index in [2.05, 4.69) is 11.1 Å². The van der Waals surface area contributed by atoms with Crippen LogP contribution in [-0.2, 0) is 12.8 Å². The van der Waals surface area contributed by atoms with Gasteiger partial charge in [0.2, 0.25) is 0 Å². The number of fused-ring (bicyclic) bond motifs is 1. The van der Waals surface area contributed by atoms with Crippen LogP contribution in [-0.4, -0.2) is 16.1 Å². The molecule has 0 spiro atoms. The number of rotatable bonds is 3. The molecule has 0 amide bonds. The van der Waals surface area contributed by atoms with E-state index in [-0.39, 0.29) is 0 Å². The normalized spacial score (nSPS) is 13.3. The van der Waals surface area contributed by atoms with Crippen molar-refractivity contribution in [2.45, 2.75) is 29.2 Å². The Morgan fingerprint density at radius 2 is 1.89 bits per heavy atom. The van der Waals surface area contributed by atoms with Crippen molar-refractivity contribution in [2.24, 2.45) is 0 Å². The molecular weight excluding hydrogens is 258 g/mol. The average Bonchev–Trinajstić information content (AvgIpc) is 2.87. The second kappa shape index (κ2) is 5.05. The molecule has 0 unspecified atom stereocenters. The van der Waals surface area contributed by atoms with Crippen molar-refractivity contribution >= 4 is 17.7 Å². The fraction of sp³-hybridized carbons (Fsp3) is 0.200. The Balaban J connectivity index is 1.79. The molecule has 96 valence electrons. The van der Waals surface area contributed by atoms with Gasteiger partial charge in [0.25, 0.3) is 0 Å². The number of pyridine rings is 1. The first-order valence-electron chi connectivity index (χ1n) is 6.22. The van der Waals surface area contributed by atoms with Gasteiger partial charge in [0.05, 0.1) is 5.56 Å². The number of aryl methyl sites for hydroxylation is 2. The highest BCUT2D eigenvalue weighted by Gasteiger charge is 2.12. The van der Waals surface area contributed by atoms with Gasteiger partial charge < -0.3 is 5.11 Å². The third-order valence-electron chi connectivity index (χ3n) is 3.23. The van der Waals surface area contributed by atoms with E-state index in [0.29, 0.717) is 5.56 Å². The van der Waals surface area contributed by atoms with Crippen LogP contribution in [0.2, 0.25) is 0 Å². The van der Waals surface area contributed by atoms with Crippen molar-refractivity contribution < 1.29 is 9.90 Å². The zero-order chi connectivity index (χ0) is 13.2. The van der Waals surface area contributed by atoms with Gasteiger partial charge in [0.15, 0.2) is 0 Å². The molecule has 0 aliphatic heterocycles. The minimum atomic E-state index is -0.896. The van der Waals surface area contributed by atoms with Gasteiger partial charge in [-0.2, -0.15) is 0 Å². The molecule has 0 saturated heterocycles. The first kappa shape index (κ1) is 12.2. The molecule has 1 heterocycles. The molecule has 4 heteroatoms. The fourth-order valence-corrected chi connectivity index (χ4v) is 3.05. The summed E-state index contributed by atoms with van der Waals surface area (Å²) in [6.45, 7) is 0. The summed E-state index contributed by atoms with van der Waals surface area (Å²) in [5, 5.41) is 9.83. The van der Waals surface area contributed by atoms with Gasteiger partial charge in [-0.3, -0.25) is 0 Å². The molecule has 0 saturated carbocycles. The van der Waals surface area contributed by atoms with Crippen LogP contribution < -0.4 is 0 Å². The quantitative estimate of drug-likeness (QED) is 0.929.